The first-order valence-corrected chi connectivity index (χ1v) is 4.03. The summed E-state index contributed by atoms with van der Waals surface area (Å²) in [6.45, 7) is 6.77. The Balaban J connectivity index is 2.43. The van der Waals surface area contributed by atoms with E-state index < -0.39 is 0 Å². The van der Waals surface area contributed by atoms with Crippen LogP contribution >= 0.6 is 0 Å². The molecule has 0 aromatic carbocycles. The largest absolute Gasteiger partial charge is 0.394 e. The molecule has 11 heavy (non-hydrogen) atoms. The molecule has 1 aliphatic rings. The highest BCUT2D eigenvalue weighted by atomic mass is 16.5. The summed E-state index contributed by atoms with van der Waals surface area (Å²) < 4.78 is 5.37. The zero-order chi connectivity index (χ0) is 8.32. The second-order valence-corrected chi connectivity index (χ2v) is 3.62. The Hall–Kier alpha value is -0.340. The summed E-state index contributed by atoms with van der Waals surface area (Å²) >= 11 is 0. The zero-order valence-corrected chi connectivity index (χ0v) is 7.05. The molecule has 64 valence electrons. The summed E-state index contributed by atoms with van der Waals surface area (Å²) in [6, 6.07) is 0. The van der Waals surface area contributed by atoms with E-state index in [-0.39, 0.29) is 18.1 Å². The molecule has 0 amide bonds. The molecule has 0 spiro atoms. The van der Waals surface area contributed by atoms with Crippen LogP contribution in [0.25, 0.3) is 0 Å². The van der Waals surface area contributed by atoms with E-state index in [1.807, 2.05) is 6.08 Å². The maximum atomic E-state index is 8.82. The van der Waals surface area contributed by atoms with Gasteiger partial charge in [0.25, 0.3) is 0 Å². The van der Waals surface area contributed by atoms with Crippen molar-refractivity contribution in [2.75, 3.05) is 13.2 Å². The van der Waals surface area contributed by atoms with Gasteiger partial charge in [0.15, 0.2) is 0 Å². The molecular formula is C9H16O2. The number of allylic oxidation sites excluding steroid dienone is 1. The lowest BCUT2D eigenvalue weighted by Crippen LogP contribution is -2.16. The fourth-order valence-electron chi connectivity index (χ4n) is 1.59. The number of hydrogen-bond donors (Lipinski definition) is 1. The number of ether oxygens (including phenoxy) is 1. The molecule has 0 radical (unpaired) electrons. The SMILES string of the molecule is C=CCC1(C)COC(CO)C1. The van der Waals surface area contributed by atoms with Crippen molar-refractivity contribution in [1.29, 1.82) is 0 Å². The molecule has 2 heteroatoms. The summed E-state index contributed by atoms with van der Waals surface area (Å²) in [5.74, 6) is 0. The fourth-order valence-corrected chi connectivity index (χ4v) is 1.59. The Morgan fingerprint density at radius 2 is 2.55 bits per heavy atom. The van der Waals surface area contributed by atoms with E-state index in [2.05, 4.69) is 13.5 Å². The molecule has 1 heterocycles. The minimum absolute atomic E-state index is 0.0555. The Kier molecular flexibility index (Phi) is 2.68. The second-order valence-electron chi connectivity index (χ2n) is 3.62. The van der Waals surface area contributed by atoms with Crippen LogP contribution in [0.1, 0.15) is 19.8 Å². The lowest BCUT2D eigenvalue weighted by Gasteiger charge is -2.18. The summed E-state index contributed by atoms with van der Waals surface area (Å²) in [5, 5.41) is 8.82. The van der Waals surface area contributed by atoms with Crippen molar-refractivity contribution in [3.63, 3.8) is 0 Å². The first kappa shape index (κ1) is 8.75. The minimum Gasteiger partial charge on any atom is -0.394 e. The summed E-state index contributed by atoms with van der Waals surface area (Å²) in [5.41, 5.74) is 0.217. The van der Waals surface area contributed by atoms with Crippen LogP contribution in [-0.2, 0) is 4.74 Å². The van der Waals surface area contributed by atoms with Crippen molar-refractivity contribution >= 4 is 0 Å². The highest BCUT2D eigenvalue weighted by Gasteiger charge is 2.34. The molecule has 0 bridgehead atoms. The van der Waals surface area contributed by atoms with Gasteiger partial charge >= 0.3 is 0 Å². The maximum Gasteiger partial charge on any atom is 0.0812 e. The number of aliphatic hydroxyl groups excluding tert-OH is 1. The van der Waals surface area contributed by atoms with Crippen LogP contribution in [0.3, 0.4) is 0 Å². The van der Waals surface area contributed by atoms with Gasteiger partial charge in [0, 0.05) is 0 Å². The fraction of sp³-hybridized carbons (Fsp3) is 0.778. The average Bonchev–Trinajstić information content (AvgIpc) is 2.33. The third kappa shape index (κ3) is 2.04. The van der Waals surface area contributed by atoms with Gasteiger partial charge in [-0.2, -0.15) is 0 Å². The van der Waals surface area contributed by atoms with E-state index in [1.54, 1.807) is 0 Å². The number of hydrogen-bond acceptors (Lipinski definition) is 2. The Morgan fingerprint density at radius 1 is 1.82 bits per heavy atom. The van der Waals surface area contributed by atoms with Crippen molar-refractivity contribution in [2.24, 2.45) is 5.41 Å². The van der Waals surface area contributed by atoms with Crippen molar-refractivity contribution in [2.45, 2.75) is 25.9 Å². The third-order valence-corrected chi connectivity index (χ3v) is 2.23. The predicted molar refractivity (Wildman–Crippen MR) is 44.4 cm³/mol. The Bertz CT molecular complexity index is 144. The van der Waals surface area contributed by atoms with E-state index in [0.29, 0.717) is 0 Å². The third-order valence-electron chi connectivity index (χ3n) is 2.23. The summed E-state index contributed by atoms with van der Waals surface area (Å²) in [7, 11) is 0. The van der Waals surface area contributed by atoms with E-state index in [9.17, 15) is 0 Å². The van der Waals surface area contributed by atoms with Gasteiger partial charge in [0.1, 0.15) is 0 Å². The van der Waals surface area contributed by atoms with E-state index in [1.165, 1.54) is 0 Å². The molecule has 0 aromatic rings. The average molecular weight is 156 g/mol. The standard InChI is InChI=1S/C9H16O2/c1-3-4-9(2)5-8(6-10)11-7-9/h3,8,10H,1,4-7H2,2H3. The summed E-state index contributed by atoms with van der Waals surface area (Å²) in [6.07, 6.45) is 3.90. The molecule has 1 rings (SSSR count). The van der Waals surface area contributed by atoms with Crippen LogP contribution < -0.4 is 0 Å². The van der Waals surface area contributed by atoms with Crippen molar-refractivity contribution in [3.05, 3.63) is 12.7 Å². The van der Waals surface area contributed by atoms with Crippen molar-refractivity contribution in [1.82, 2.24) is 0 Å². The van der Waals surface area contributed by atoms with Crippen LogP contribution in [0.5, 0.6) is 0 Å². The van der Waals surface area contributed by atoms with Crippen LogP contribution in [0.2, 0.25) is 0 Å². The first-order valence-electron chi connectivity index (χ1n) is 4.03. The van der Waals surface area contributed by atoms with Crippen LogP contribution in [0.15, 0.2) is 12.7 Å². The lowest BCUT2D eigenvalue weighted by atomic mass is 9.84. The molecular weight excluding hydrogens is 140 g/mol. The molecule has 1 saturated heterocycles. The second kappa shape index (κ2) is 3.37. The number of aliphatic hydroxyl groups is 1. The van der Waals surface area contributed by atoms with Gasteiger partial charge in [0.05, 0.1) is 19.3 Å². The molecule has 1 aliphatic heterocycles. The van der Waals surface area contributed by atoms with Gasteiger partial charge in [-0.1, -0.05) is 13.0 Å². The van der Waals surface area contributed by atoms with Gasteiger partial charge in [-0.3, -0.25) is 0 Å². The monoisotopic (exact) mass is 156 g/mol. The number of rotatable bonds is 3. The van der Waals surface area contributed by atoms with Gasteiger partial charge in [-0.05, 0) is 18.3 Å². The molecule has 0 saturated carbocycles. The minimum atomic E-state index is 0.0555. The smallest absolute Gasteiger partial charge is 0.0812 e. The van der Waals surface area contributed by atoms with Crippen molar-refractivity contribution < 1.29 is 9.84 Å². The van der Waals surface area contributed by atoms with Gasteiger partial charge in [0.2, 0.25) is 0 Å². The molecule has 0 aliphatic carbocycles. The van der Waals surface area contributed by atoms with Crippen LogP contribution in [0, 0.1) is 5.41 Å². The van der Waals surface area contributed by atoms with Crippen LogP contribution in [0.4, 0.5) is 0 Å². The Labute approximate surface area is 67.9 Å². The molecule has 1 fully saturated rings. The first-order chi connectivity index (χ1) is 5.20. The lowest BCUT2D eigenvalue weighted by molar-refractivity contribution is 0.0538. The van der Waals surface area contributed by atoms with E-state index in [4.69, 9.17) is 9.84 Å². The zero-order valence-electron chi connectivity index (χ0n) is 7.05. The normalized spacial score (nSPS) is 37.5. The molecule has 2 atom stereocenters. The molecule has 2 nitrogen and oxygen atoms in total. The van der Waals surface area contributed by atoms with Gasteiger partial charge < -0.3 is 9.84 Å². The molecule has 2 unspecified atom stereocenters. The van der Waals surface area contributed by atoms with E-state index >= 15 is 0 Å². The van der Waals surface area contributed by atoms with Crippen molar-refractivity contribution in [3.8, 4) is 0 Å². The van der Waals surface area contributed by atoms with Gasteiger partial charge in [-0.15, -0.1) is 6.58 Å². The topological polar surface area (TPSA) is 29.5 Å². The Morgan fingerprint density at radius 3 is 3.00 bits per heavy atom. The predicted octanol–water partition coefficient (Wildman–Crippen LogP) is 1.35. The van der Waals surface area contributed by atoms with Gasteiger partial charge in [-0.25, -0.2) is 0 Å². The highest BCUT2D eigenvalue weighted by molar-refractivity contribution is 4.89. The van der Waals surface area contributed by atoms with E-state index in [0.717, 1.165) is 19.4 Å². The quantitative estimate of drug-likeness (QED) is 0.625. The molecule has 1 N–H and O–H groups in total. The molecule has 0 aromatic heterocycles. The highest BCUT2D eigenvalue weighted by Crippen LogP contribution is 2.35. The van der Waals surface area contributed by atoms with Crippen LogP contribution in [-0.4, -0.2) is 24.4 Å². The summed E-state index contributed by atoms with van der Waals surface area (Å²) in [4.78, 5) is 0. The maximum absolute atomic E-state index is 8.82.